The SMILES string of the molecule is CNCC1COc2ccc(OS(=O)(=O)C(F)(F)F)cc2O1. The molecule has 6 nitrogen and oxygen atoms in total. The molecule has 0 saturated carbocycles. The van der Waals surface area contributed by atoms with Crippen LogP contribution in [-0.4, -0.2) is 40.2 Å². The van der Waals surface area contributed by atoms with Crippen LogP contribution in [0.4, 0.5) is 13.2 Å². The van der Waals surface area contributed by atoms with Crippen LogP contribution in [0.25, 0.3) is 0 Å². The molecule has 0 bridgehead atoms. The first-order chi connectivity index (χ1) is 9.73. The Morgan fingerprint density at radius 2 is 2.10 bits per heavy atom. The number of ether oxygens (including phenoxy) is 2. The van der Waals surface area contributed by atoms with Gasteiger partial charge in [-0.15, -0.1) is 0 Å². The Kier molecular flexibility index (Phi) is 4.19. The molecule has 1 aliphatic rings. The zero-order valence-corrected chi connectivity index (χ0v) is 11.6. The predicted octanol–water partition coefficient (Wildman–Crippen LogP) is 1.27. The van der Waals surface area contributed by atoms with Crippen molar-refractivity contribution < 1.29 is 35.2 Å². The van der Waals surface area contributed by atoms with E-state index in [0.717, 1.165) is 12.1 Å². The lowest BCUT2D eigenvalue weighted by atomic mass is 10.2. The van der Waals surface area contributed by atoms with Gasteiger partial charge in [0.2, 0.25) is 0 Å². The number of halogens is 3. The molecule has 1 aromatic carbocycles. The fourth-order valence-electron chi connectivity index (χ4n) is 1.65. The summed E-state index contributed by atoms with van der Waals surface area (Å²) in [5, 5.41) is 2.86. The van der Waals surface area contributed by atoms with Crippen molar-refractivity contribution in [3.05, 3.63) is 18.2 Å². The van der Waals surface area contributed by atoms with Crippen LogP contribution in [0.15, 0.2) is 18.2 Å². The summed E-state index contributed by atoms with van der Waals surface area (Å²) in [7, 11) is -4.01. The van der Waals surface area contributed by atoms with Crippen molar-refractivity contribution in [3.63, 3.8) is 0 Å². The van der Waals surface area contributed by atoms with Crippen molar-refractivity contribution in [1.82, 2.24) is 5.32 Å². The van der Waals surface area contributed by atoms with Crippen LogP contribution in [0.1, 0.15) is 0 Å². The summed E-state index contributed by atoms with van der Waals surface area (Å²) in [6.45, 7) is 0.736. The molecule has 1 atom stereocenters. The van der Waals surface area contributed by atoms with E-state index in [0.29, 0.717) is 12.3 Å². The summed E-state index contributed by atoms with van der Waals surface area (Å²) in [4.78, 5) is 0. The lowest BCUT2D eigenvalue weighted by molar-refractivity contribution is -0.0500. The van der Waals surface area contributed by atoms with Gasteiger partial charge >= 0.3 is 15.6 Å². The molecule has 0 amide bonds. The Morgan fingerprint density at radius 3 is 2.71 bits per heavy atom. The van der Waals surface area contributed by atoms with Crippen LogP contribution >= 0.6 is 0 Å². The molecule has 0 radical (unpaired) electrons. The first-order valence-corrected chi connectivity index (χ1v) is 7.22. The van der Waals surface area contributed by atoms with Gasteiger partial charge in [-0.1, -0.05) is 0 Å². The van der Waals surface area contributed by atoms with Crippen molar-refractivity contribution in [3.8, 4) is 17.2 Å². The molecule has 1 aliphatic heterocycles. The minimum atomic E-state index is -5.71. The average Bonchev–Trinajstić information content (AvgIpc) is 2.37. The Morgan fingerprint density at radius 1 is 1.38 bits per heavy atom. The number of rotatable bonds is 4. The van der Waals surface area contributed by atoms with Crippen LogP contribution in [-0.2, 0) is 10.1 Å². The average molecular weight is 327 g/mol. The molecular formula is C11H12F3NO5S. The minimum absolute atomic E-state index is 0.122. The quantitative estimate of drug-likeness (QED) is 0.663. The van der Waals surface area contributed by atoms with Crippen LogP contribution in [0.3, 0.4) is 0 Å². The molecule has 1 aromatic rings. The molecule has 0 aliphatic carbocycles. The third kappa shape index (κ3) is 3.50. The summed E-state index contributed by atoms with van der Waals surface area (Å²) in [6.07, 6.45) is -0.336. The van der Waals surface area contributed by atoms with Crippen molar-refractivity contribution in [2.24, 2.45) is 0 Å². The number of likely N-dealkylation sites (N-methyl/N-ethyl adjacent to an activating group) is 1. The van der Waals surface area contributed by atoms with Gasteiger partial charge in [0, 0.05) is 12.6 Å². The van der Waals surface area contributed by atoms with E-state index in [2.05, 4.69) is 9.50 Å². The molecule has 0 aromatic heterocycles. The van der Waals surface area contributed by atoms with Crippen LogP contribution < -0.4 is 19.0 Å². The highest BCUT2D eigenvalue weighted by Crippen LogP contribution is 2.36. The summed E-state index contributed by atoms with van der Waals surface area (Å²) in [5.74, 6) is -0.0738. The van der Waals surface area contributed by atoms with Gasteiger partial charge < -0.3 is 19.0 Å². The first-order valence-electron chi connectivity index (χ1n) is 5.82. The molecular weight excluding hydrogens is 315 g/mol. The fraction of sp³-hybridized carbons (Fsp3) is 0.455. The maximum absolute atomic E-state index is 12.2. The fourth-order valence-corrected chi connectivity index (χ4v) is 2.10. The lowest BCUT2D eigenvalue weighted by Gasteiger charge is -2.26. The van der Waals surface area contributed by atoms with Gasteiger partial charge in [-0.25, -0.2) is 0 Å². The maximum Gasteiger partial charge on any atom is 0.534 e. The molecule has 1 unspecified atom stereocenters. The monoisotopic (exact) mass is 327 g/mol. The normalized spacial score (nSPS) is 18.4. The van der Waals surface area contributed by atoms with Gasteiger partial charge in [-0.2, -0.15) is 21.6 Å². The van der Waals surface area contributed by atoms with Gasteiger partial charge in [-0.05, 0) is 19.2 Å². The largest absolute Gasteiger partial charge is 0.534 e. The molecule has 0 spiro atoms. The second kappa shape index (κ2) is 5.60. The van der Waals surface area contributed by atoms with E-state index in [4.69, 9.17) is 9.47 Å². The van der Waals surface area contributed by atoms with Crippen molar-refractivity contribution in [1.29, 1.82) is 0 Å². The van der Waals surface area contributed by atoms with Crippen LogP contribution in [0.5, 0.6) is 17.2 Å². The number of alkyl halides is 3. The summed E-state index contributed by atoms with van der Waals surface area (Å²) >= 11 is 0. The maximum atomic E-state index is 12.2. The van der Waals surface area contributed by atoms with E-state index >= 15 is 0 Å². The second-order valence-corrected chi connectivity index (χ2v) is 5.74. The third-order valence-electron chi connectivity index (χ3n) is 2.55. The molecule has 2 rings (SSSR count). The standard InChI is InChI=1S/C11H12F3NO5S/c1-15-5-8-6-18-9-3-2-7(4-10(9)19-8)20-21(16,17)11(12,13)14/h2-4,8,15H,5-6H2,1H3. The van der Waals surface area contributed by atoms with E-state index in [1.54, 1.807) is 7.05 Å². The van der Waals surface area contributed by atoms with Gasteiger partial charge in [0.15, 0.2) is 11.5 Å². The number of hydrogen-bond donors (Lipinski definition) is 1. The van der Waals surface area contributed by atoms with Crippen molar-refractivity contribution in [2.75, 3.05) is 20.2 Å². The van der Waals surface area contributed by atoms with E-state index in [9.17, 15) is 21.6 Å². The first kappa shape index (κ1) is 15.7. The molecule has 10 heteroatoms. The van der Waals surface area contributed by atoms with E-state index in [1.165, 1.54) is 6.07 Å². The summed E-state index contributed by atoms with van der Waals surface area (Å²) < 4.78 is 73.4. The number of nitrogens with one attached hydrogen (secondary N) is 1. The van der Waals surface area contributed by atoms with Gasteiger partial charge in [-0.3, -0.25) is 0 Å². The zero-order valence-electron chi connectivity index (χ0n) is 10.8. The molecule has 1 heterocycles. The van der Waals surface area contributed by atoms with Crippen LogP contribution in [0, 0.1) is 0 Å². The highest BCUT2D eigenvalue weighted by atomic mass is 32.2. The Hall–Kier alpha value is -1.68. The van der Waals surface area contributed by atoms with Gasteiger partial charge in [0.25, 0.3) is 0 Å². The minimum Gasteiger partial charge on any atom is -0.486 e. The number of hydrogen-bond acceptors (Lipinski definition) is 6. The van der Waals surface area contributed by atoms with E-state index < -0.39 is 21.4 Å². The Bertz CT molecular complexity index is 617. The van der Waals surface area contributed by atoms with E-state index in [1.807, 2.05) is 0 Å². The molecule has 0 saturated heterocycles. The molecule has 0 fully saturated rings. The summed E-state index contributed by atoms with van der Waals surface area (Å²) in [6, 6.07) is 3.39. The smallest absolute Gasteiger partial charge is 0.486 e. The van der Waals surface area contributed by atoms with Crippen molar-refractivity contribution >= 4 is 10.1 Å². The van der Waals surface area contributed by atoms with Crippen molar-refractivity contribution in [2.45, 2.75) is 11.6 Å². The van der Waals surface area contributed by atoms with Crippen LogP contribution in [0.2, 0.25) is 0 Å². The number of benzene rings is 1. The zero-order chi connectivity index (χ0) is 15.7. The highest BCUT2D eigenvalue weighted by Gasteiger charge is 2.48. The van der Waals surface area contributed by atoms with Gasteiger partial charge in [0.05, 0.1) is 0 Å². The summed E-state index contributed by atoms with van der Waals surface area (Å²) in [5.41, 5.74) is -5.49. The van der Waals surface area contributed by atoms with E-state index in [-0.39, 0.29) is 18.5 Å². The highest BCUT2D eigenvalue weighted by molar-refractivity contribution is 7.88. The Balaban J connectivity index is 2.20. The third-order valence-corrected chi connectivity index (χ3v) is 3.53. The second-order valence-electron chi connectivity index (χ2n) is 4.20. The Labute approximate surface area is 118 Å². The lowest BCUT2D eigenvalue weighted by Crippen LogP contribution is -2.37. The topological polar surface area (TPSA) is 73.9 Å². The van der Waals surface area contributed by atoms with Gasteiger partial charge in [0.1, 0.15) is 18.5 Å². The predicted molar refractivity (Wildman–Crippen MR) is 65.9 cm³/mol. The number of fused-ring (bicyclic) bond motifs is 1. The molecule has 21 heavy (non-hydrogen) atoms. The molecule has 118 valence electrons. The molecule has 1 N–H and O–H groups in total.